The van der Waals surface area contributed by atoms with Crippen LogP contribution in [0.25, 0.3) is 0 Å². The van der Waals surface area contributed by atoms with Crippen molar-refractivity contribution in [1.29, 1.82) is 0 Å². The van der Waals surface area contributed by atoms with Crippen LogP contribution in [-0.4, -0.2) is 66.3 Å². The molecule has 20 heavy (non-hydrogen) atoms. The molecule has 0 aromatic carbocycles. The number of rotatable bonds is 4. The Morgan fingerprint density at radius 1 is 1.05 bits per heavy atom. The SMILES string of the molecule is O=C(O)C1(C(F)(F)F)CCN(CCN2CCCCC2)C1. The van der Waals surface area contributed by atoms with E-state index in [0.717, 1.165) is 32.5 Å². The quantitative estimate of drug-likeness (QED) is 0.859. The molecule has 0 aliphatic carbocycles. The average Bonchev–Trinajstić information content (AvgIpc) is 2.83. The van der Waals surface area contributed by atoms with Gasteiger partial charge in [-0.2, -0.15) is 13.2 Å². The molecule has 0 aromatic rings. The lowest BCUT2D eigenvalue weighted by Crippen LogP contribution is -2.47. The normalized spacial score (nSPS) is 29.8. The molecule has 2 saturated heterocycles. The van der Waals surface area contributed by atoms with Crippen LogP contribution in [0.15, 0.2) is 0 Å². The van der Waals surface area contributed by atoms with Crippen molar-refractivity contribution in [2.24, 2.45) is 5.41 Å². The summed E-state index contributed by atoms with van der Waals surface area (Å²) in [6.45, 7) is 3.03. The number of hydrogen-bond acceptors (Lipinski definition) is 3. The molecular formula is C13H21F3N2O2. The number of carboxylic acids is 1. The molecule has 1 unspecified atom stereocenters. The second-order valence-corrected chi connectivity index (χ2v) is 5.81. The van der Waals surface area contributed by atoms with Crippen LogP contribution in [0.4, 0.5) is 13.2 Å². The minimum atomic E-state index is -4.68. The van der Waals surface area contributed by atoms with Gasteiger partial charge in [0.2, 0.25) is 0 Å². The van der Waals surface area contributed by atoms with E-state index in [1.807, 2.05) is 0 Å². The predicted octanol–water partition coefficient (Wildman–Crippen LogP) is 1.81. The van der Waals surface area contributed by atoms with Crippen molar-refractivity contribution in [3.63, 3.8) is 0 Å². The van der Waals surface area contributed by atoms with Crippen molar-refractivity contribution < 1.29 is 23.1 Å². The van der Waals surface area contributed by atoms with Crippen LogP contribution in [0.3, 0.4) is 0 Å². The van der Waals surface area contributed by atoms with Gasteiger partial charge in [0.05, 0.1) is 0 Å². The fourth-order valence-electron chi connectivity index (χ4n) is 3.07. The Labute approximate surface area is 116 Å². The van der Waals surface area contributed by atoms with Crippen LogP contribution >= 0.6 is 0 Å². The van der Waals surface area contributed by atoms with Crippen molar-refractivity contribution in [1.82, 2.24) is 9.80 Å². The van der Waals surface area contributed by atoms with Crippen molar-refractivity contribution >= 4 is 5.97 Å². The molecule has 1 N–H and O–H groups in total. The molecule has 2 aliphatic rings. The third-order valence-corrected chi connectivity index (χ3v) is 4.48. The molecule has 4 nitrogen and oxygen atoms in total. The molecule has 0 bridgehead atoms. The van der Waals surface area contributed by atoms with Crippen LogP contribution in [0, 0.1) is 5.41 Å². The fourth-order valence-corrected chi connectivity index (χ4v) is 3.07. The van der Waals surface area contributed by atoms with Gasteiger partial charge in [0.25, 0.3) is 0 Å². The molecular weight excluding hydrogens is 273 g/mol. The molecule has 0 radical (unpaired) electrons. The van der Waals surface area contributed by atoms with Crippen molar-refractivity contribution in [3.05, 3.63) is 0 Å². The van der Waals surface area contributed by atoms with Crippen LogP contribution < -0.4 is 0 Å². The lowest BCUT2D eigenvalue weighted by atomic mass is 9.86. The highest BCUT2D eigenvalue weighted by atomic mass is 19.4. The highest BCUT2D eigenvalue weighted by molar-refractivity contribution is 5.76. The first kappa shape index (κ1) is 15.6. The summed E-state index contributed by atoms with van der Waals surface area (Å²) in [5.74, 6) is -1.74. The van der Waals surface area contributed by atoms with Gasteiger partial charge in [-0.25, -0.2) is 0 Å². The molecule has 2 aliphatic heterocycles. The van der Waals surface area contributed by atoms with Crippen LogP contribution in [0.2, 0.25) is 0 Å². The molecule has 7 heteroatoms. The zero-order valence-electron chi connectivity index (χ0n) is 11.5. The zero-order valence-corrected chi connectivity index (χ0v) is 11.5. The summed E-state index contributed by atoms with van der Waals surface area (Å²) in [6.07, 6.45) is -1.52. The van der Waals surface area contributed by atoms with E-state index in [4.69, 9.17) is 5.11 Å². The Morgan fingerprint density at radius 3 is 2.15 bits per heavy atom. The first-order chi connectivity index (χ1) is 9.35. The Balaban J connectivity index is 1.88. The van der Waals surface area contributed by atoms with Gasteiger partial charge in [0.15, 0.2) is 5.41 Å². The predicted molar refractivity (Wildman–Crippen MR) is 67.5 cm³/mol. The lowest BCUT2D eigenvalue weighted by Gasteiger charge is -2.30. The van der Waals surface area contributed by atoms with Gasteiger partial charge >= 0.3 is 12.1 Å². The Hall–Kier alpha value is -0.820. The molecule has 1 atom stereocenters. The Kier molecular flexibility index (Phi) is 4.59. The summed E-state index contributed by atoms with van der Waals surface area (Å²) in [5, 5.41) is 8.98. The number of carboxylic acid groups (broad SMARTS) is 1. The molecule has 0 aromatic heterocycles. The third-order valence-electron chi connectivity index (χ3n) is 4.48. The third kappa shape index (κ3) is 3.09. The molecule has 0 amide bonds. The lowest BCUT2D eigenvalue weighted by molar-refractivity contribution is -0.227. The molecule has 2 rings (SSSR count). The van der Waals surface area contributed by atoms with Crippen LogP contribution in [-0.2, 0) is 4.79 Å². The van der Waals surface area contributed by atoms with Crippen molar-refractivity contribution in [3.8, 4) is 0 Å². The van der Waals surface area contributed by atoms with Gasteiger partial charge in [-0.15, -0.1) is 0 Å². The first-order valence-corrected chi connectivity index (χ1v) is 7.10. The van der Waals surface area contributed by atoms with Crippen LogP contribution in [0.1, 0.15) is 25.7 Å². The van der Waals surface area contributed by atoms with Gasteiger partial charge in [0, 0.05) is 19.6 Å². The number of likely N-dealkylation sites (tertiary alicyclic amines) is 2. The van der Waals surface area contributed by atoms with Crippen molar-refractivity contribution in [2.45, 2.75) is 31.9 Å². The molecule has 116 valence electrons. The van der Waals surface area contributed by atoms with E-state index in [0.29, 0.717) is 6.54 Å². The number of hydrogen-bond donors (Lipinski definition) is 1. The Bertz CT molecular complexity index is 356. The summed E-state index contributed by atoms with van der Waals surface area (Å²) in [6, 6.07) is 0. The van der Waals surface area contributed by atoms with Gasteiger partial charge in [-0.3, -0.25) is 4.79 Å². The molecule has 2 fully saturated rings. The van der Waals surface area contributed by atoms with Gasteiger partial charge in [-0.05, 0) is 38.9 Å². The molecule has 0 saturated carbocycles. The highest BCUT2D eigenvalue weighted by Gasteiger charge is 2.63. The standard InChI is InChI=1S/C13H21F3N2O2/c14-13(15,16)12(11(19)20)4-7-18(10-12)9-8-17-5-2-1-3-6-17/h1-10H2,(H,19,20). The molecule has 0 spiro atoms. The van der Waals surface area contributed by atoms with E-state index in [-0.39, 0.29) is 13.0 Å². The average molecular weight is 294 g/mol. The zero-order chi connectivity index (χ0) is 14.8. The van der Waals surface area contributed by atoms with E-state index < -0.39 is 24.1 Å². The molecule has 2 heterocycles. The van der Waals surface area contributed by atoms with E-state index in [9.17, 15) is 18.0 Å². The van der Waals surface area contributed by atoms with E-state index in [2.05, 4.69) is 4.90 Å². The first-order valence-electron chi connectivity index (χ1n) is 7.10. The van der Waals surface area contributed by atoms with Gasteiger partial charge < -0.3 is 14.9 Å². The van der Waals surface area contributed by atoms with Gasteiger partial charge in [-0.1, -0.05) is 6.42 Å². The van der Waals surface area contributed by atoms with Crippen molar-refractivity contribution in [2.75, 3.05) is 39.3 Å². The topological polar surface area (TPSA) is 43.8 Å². The minimum Gasteiger partial charge on any atom is -0.481 e. The van der Waals surface area contributed by atoms with E-state index in [1.165, 1.54) is 6.42 Å². The largest absolute Gasteiger partial charge is 0.481 e. The number of aliphatic carboxylic acids is 1. The summed E-state index contributed by atoms with van der Waals surface area (Å²) in [5.41, 5.74) is -2.57. The number of halogens is 3. The minimum absolute atomic E-state index is 0.208. The number of alkyl halides is 3. The summed E-state index contributed by atoms with van der Waals surface area (Å²) in [7, 11) is 0. The maximum absolute atomic E-state index is 13.0. The summed E-state index contributed by atoms with van der Waals surface area (Å²) < 4.78 is 39.1. The van der Waals surface area contributed by atoms with E-state index >= 15 is 0 Å². The summed E-state index contributed by atoms with van der Waals surface area (Å²) in [4.78, 5) is 14.9. The number of piperidine rings is 1. The summed E-state index contributed by atoms with van der Waals surface area (Å²) >= 11 is 0. The number of carbonyl (C=O) groups is 1. The Morgan fingerprint density at radius 2 is 1.65 bits per heavy atom. The van der Waals surface area contributed by atoms with Gasteiger partial charge in [0.1, 0.15) is 0 Å². The smallest absolute Gasteiger partial charge is 0.406 e. The highest BCUT2D eigenvalue weighted by Crippen LogP contribution is 2.45. The maximum atomic E-state index is 13.0. The fraction of sp³-hybridized carbons (Fsp3) is 0.923. The second kappa shape index (κ2) is 5.89. The number of nitrogens with zero attached hydrogens (tertiary/aromatic N) is 2. The van der Waals surface area contributed by atoms with Crippen LogP contribution in [0.5, 0.6) is 0 Å². The maximum Gasteiger partial charge on any atom is 0.406 e. The monoisotopic (exact) mass is 294 g/mol. The second-order valence-electron chi connectivity index (χ2n) is 5.81. The van der Waals surface area contributed by atoms with E-state index in [1.54, 1.807) is 4.90 Å².